The molecule has 6 heteroatoms. The van der Waals surface area contributed by atoms with Gasteiger partial charge in [0.1, 0.15) is 13.2 Å². The van der Waals surface area contributed by atoms with Crippen LogP contribution in [0, 0.1) is 0 Å². The molecule has 0 radical (unpaired) electrons. The van der Waals surface area contributed by atoms with E-state index in [1.807, 2.05) is 0 Å². The number of unbranched alkanes of at least 4 members (excludes halogenated alkanes) is 16. The lowest BCUT2D eigenvalue weighted by molar-refractivity contribution is -0.167. The number of hydrogen-bond acceptors (Lipinski definition) is 6. The second-order valence-corrected chi connectivity index (χ2v) is 14.5. The molecule has 0 fully saturated rings. The van der Waals surface area contributed by atoms with E-state index in [2.05, 4.69) is 93.7 Å². The number of rotatable bonds is 39. The fourth-order valence-electron chi connectivity index (χ4n) is 5.91. The van der Waals surface area contributed by atoms with Crippen LogP contribution in [0.1, 0.15) is 201 Å². The van der Waals surface area contributed by atoms with Crippen molar-refractivity contribution in [1.29, 1.82) is 0 Å². The highest BCUT2D eigenvalue weighted by Gasteiger charge is 2.19. The fraction of sp³-hybridized carbons (Fsp3) is 0.694. The lowest BCUT2D eigenvalue weighted by Gasteiger charge is -2.18. The first-order chi connectivity index (χ1) is 27.0. The van der Waals surface area contributed by atoms with Gasteiger partial charge in [0.2, 0.25) is 0 Å². The smallest absolute Gasteiger partial charge is 0.306 e. The molecule has 0 aliphatic rings. The summed E-state index contributed by atoms with van der Waals surface area (Å²) in [6.07, 6.45) is 53.2. The maximum absolute atomic E-state index is 12.7. The number of esters is 3. The van der Waals surface area contributed by atoms with Crippen LogP contribution < -0.4 is 0 Å². The topological polar surface area (TPSA) is 78.9 Å². The van der Waals surface area contributed by atoms with Crippen LogP contribution >= 0.6 is 0 Å². The van der Waals surface area contributed by atoms with Crippen LogP contribution in [0.25, 0.3) is 0 Å². The minimum absolute atomic E-state index is 0.0942. The Labute approximate surface area is 338 Å². The van der Waals surface area contributed by atoms with Crippen LogP contribution in [-0.2, 0) is 28.6 Å². The Hall–Kier alpha value is -3.15. The zero-order valence-corrected chi connectivity index (χ0v) is 35.7. The predicted molar refractivity (Wildman–Crippen MR) is 233 cm³/mol. The largest absolute Gasteiger partial charge is 0.462 e. The Balaban J connectivity index is 4.41. The third-order valence-electron chi connectivity index (χ3n) is 9.19. The molecule has 0 saturated carbocycles. The van der Waals surface area contributed by atoms with Crippen molar-refractivity contribution in [3.63, 3.8) is 0 Å². The predicted octanol–water partition coefficient (Wildman–Crippen LogP) is 14.3. The average Bonchev–Trinajstić information content (AvgIpc) is 3.18. The molecule has 0 rings (SSSR count). The van der Waals surface area contributed by atoms with Gasteiger partial charge in [-0.3, -0.25) is 14.4 Å². The molecule has 1 atom stereocenters. The van der Waals surface area contributed by atoms with Crippen molar-refractivity contribution in [2.75, 3.05) is 13.2 Å². The van der Waals surface area contributed by atoms with E-state index in [9.17, 15) is 14.4 Å². The monoisotopic (exact) mass is 767 g/mol. The van der Waals surface area contributed by atoms with Crippen LogP contribution in [-0.4, -0.2) is 37.2 Å². The molecule has 55 heavy (non-hydrogen) atoms. The lowest BCUT2D eigenvalue weighted by Crippen LogP contribution is -2.30. The van der Waals surface area contributed by atoms with Gasteiger partial charge in [-0.15, -0.1) is 0 Å². The van der Waals surface area contributed by atoms with E-state index < -0.39 is 6.10 Å². The molecule has 0 aliphatic carbocycles. The van der Waals surface area contributed by atoms with Crippen molar-refractivity contribution >= 4 is 17.9 Å². The van der Waals surface area contributed by atoms with E-state index in [0.29, 0.717) is 19.3 Å². The van der Waals surface area contributed by atoms with Gasteiger partial charge in [-0.25, -0.2) is 0 Å². The number of carbonyl (C=O) groups excluding carboxylic acids is 3. The van der Waals surface area contributed by atoms with E-state index in [1.54, 1.807) is 0 Å². The van der Waals surface area contributed by atoms with Gasteiger partial charge in [0.25, 0.3) is 0 Å². The quantitative estimate of drug-likeness (QED) is 0.0268. The Kier molecular flexibility index (Phi) is 41.1. The lowest BCUT2D eigenvalue weighted by atomic mass is 10.1. The number of hydrogen-bond donors (Lipinski definition) is 0. The van der Waals surface area contributed by atoms with Crippen molar-refractivity contribution in [2.24, 2.45) is 0 Å². The molecule has 0 aromatic rings. The van der Waals surface area contributed by atoms with Crippen molar-refractivity contribution < 1.29 is 28.6 Å². The molecule has 0 bridgehead atoms. The van der Waals surface area contributed by atoms with E-state index >= 15 is 0 Å². The zero-order chi connectivity index (χ0) is 40.1. The molecule has 0 saturated heterocycles. The van der Waals surface area contributed by atoms with Gasteiger partial charge in [0.05, 0.1) is 0 Å². The summed E-state index contributed by atoms with van der Waals surface area (Å²) >= 11 is 0. The second-order valence-electron chi connectivity index (χ2n) is 14.5. The molecule has 0 amide bonds. The van der Waals surface area contributed by atoms with Gasteiger partial charge in [0.15, 0.2) is 6.10 Å². The number of ether oxygens (including phenoxy) is 3. The highest BCUT2D eigenvalue weighted by Crippen LogP contribution is 2.13. The van der Waals surface area contributed by atoms with Gasteiger partial charge < -0.3 is 14.2 Å². The van der Waals surface area contributed by atoms with Gasteiger partial charge in [-0.05, 0) is 96.3 Å². The number of allylic oxidation sites excluding steroid dienone is 12. The van der Waals surface area contributed by atoms with Crippen LogP contribution in [0.5, 0.6) is 0 Å². The Morgan fingerprint density at radius 1 is 0.364 bits per heavy atom. The van der Waals surface area contributed by atoms with Crippen molar-refractivity contribution in [3.8, 4) is 0 Å². The Morgan fingerprint density at radius 3 is 1.04 bits per heavy atom. The van der Waals surface area contributed by atoms with Crippen molar-refractivity contribution in [2.45, 2.75) is 207 Å². The average molecular weight is 767 g/mol. The summed E-state index contributed by atoms with van der Waals surface area (Å²) < 4.78 is 16.6. The van der Waals surface area contributed by atoms with Crippen molar-refractivity contribution in [3.05, 3.63) is 72.9 Å². The minimum Gasteiger partial charge on any atom is -0.462 e. The molecule has 0 aliphatic heterocycles. The SMILES string of the molecule is CC/C=C\C/C=C\CCCCCCCCCC(=O)OCC(COC(=O)CCCC/C=C\C/C=C\CC)OC(=O)CCCCCCCCC/C=C\C/C=C\CC. The summed E-state index contributed by atoms with van der Waals surface area (Å²) in [5, 5.41) is 0. The second kappa shape index (κ2) is 43.6. The van der Waals surface area contributed by atoms with Crippen molar-refractivity contribution in [1.82, 2.24) is 0 Å². The van der Waals surface area contributed by atoms with Gasteiger partial charge in [0, 0.05) is 19.3 Å². The van der Waals surface area contributed by atoms with E-state index in [-0.39, 0.29) is 31.1 Å². The van der Waals surface area contributed by atoms with Gasteiger partial charge >= 0.3 is 17.9 Å². The molecule has 0 heterocycles. The zero-order valence-electron chi connectivity index (χ0n) is 35.7. The molecule has 0 aromatic heterocycles. The molecule has 6 nitrogen and oxygen atoms in total. The minimum atomic E-state index is -0.793. The first-order valence-corrected chi connectivity index (χ1v) is 22.4. The fourth-order valence-corrected chi connectivity index (χ4v) is 5.91. The molecule has 0 aromatic carbocycles. The molecular formula is C49H82O6. The van der Waals surface area contributed by atoms with Crippen LogP contribution in [0.4, 0.5) is 0 Å². The van der Waals surface area contributed by atoms with Gasteiger partial charge in [-0.1, -0.05) is 158 Å². The summed E-state index contributed by atoms with van der Waals surface area (Å²) in [4.78, 5) is 37.7. The Morgan fingerprint density at radius 2 is 0.655 bits per heavy atom. The molecule has 0 spiro atoms. The Bertz CT molecular complexity index is 1070. The standard InChI is InChI=1S/C49H82O6/c1-4-7-10-13-16-19-21-23-25-27-30-33-36-39-42-48(51)54-45-46(44-53-47(50)41-38-35-32-29-18-15-12-9-6-3)55-49(52)43-40-37-34-31-28-26-24-22-20-17-14-11-8-5-2/h7-12,16-20,29,46H,4-6,13-15,21-28,30-45H2,1-3H3/b10-7-,11-8-,12-9-,19-16-,20-17-,29-18-. The van der Waals surface area contributed by atoms with Crippen LogP contribution in [0.15, 0.2) is 72.9 Å². The summed E-state index contributed by atoms with van der Waals surface area (Å²) in [5.41, 5.74) is 0. The first kappa shape index (κ1) is 51.9. The molecule has 314 valence electrons. The maximum atomic E-state index is 12.7. The highest BCUT2D eigenvalue weighted by atomic mass is 16.6. The molecular weight excluding hydrogens is 685 g/mol. The number of carbonyl (C=O) groups is 3. The van der Waals surface area contributed by atoms with Gasteiger partial charge in [-0.2, -0.15) is 0 Å². The summed E-state index contributed by atoms with van der Waals surface area (Å²) in [5.74, 6) is -0.955. The third kappa shape index (κ3) is 41.8. The van der Waals surface area contributed by atoms with Crippen LogP contribution in [0.2, 0.25) is 0 Å². The van der Waals surface area contributed by atoms with E-state index in [0.717, 1.165) is 109 Å². The van der Waals surface area contributed by atoms with E-state index in [1.165, 1.54) is 51.4 Å². The summed E-state index contributed by atoms with van der Waals surface area (Å²) in [7, 11) is 0. The summed E-state index contributed by atoms with van der Waals surface area (Å²) in [6, 6.07) is 0. The first-order valence-electron chi connectivity index (χ1n) is 22.4. The molecule has 1 unspecified atom stereocenters. The maximum Gasteiger partial charge on any atom is 0.306 e. The normalized spacial score (nSPS) is 12.7. The summed E-state index contributed by atoms with van der Waals surface area (Å²) in [6.45, 7) is 6.24. The van der Waals surface area contributed by atoms with E-state index in [4.69, 9.17) is 14.2 Å². The molecule has 0 N–H and O–H groups in total. The van der Waals surface area contributed by atoms with Crippen LogP contribution in [0.3, 0.4) is 0 Å². The highest BCUT2D eigenvalue weighted by molar-refractivity contribution is 5.71. The third-order valence-corrected chi connectivity index (χ3v) is 9.19.